The van der Waals surface area contributed by atoms with Gasteiger partial charge in [0.25, 0.3) is 0 Å². The van der Waals surface area contributed by atoms with Gasteiger partial charge in [0, 0.05) is 50.4 Å². The van der Waals surface area contributed by atoms with E-state index in [1.165, 1.54) is 11.1 Å². The molecular formula is C20H28N6. The normalized spacial score (nSPS) is 27.5. The van der Waals surface area contributed by atoms with Crippen molar-refractivity contribution in [1.29, 1.82) is 0 Å². The molecule has 0 aromatic rings. The average Bonchev–Trinajstić information content (AvgIpc) is 3.37. The van der Waals surface area contributed by atoms with Crippen LogP contribution < -0.4 is 21.3 Å². The molecule has 0 aromatic heterocycles. The smallest absolute Gasteiger partial charge is 0.153 e. The number of nitrogens with zero attached hydrogens (tertiary/aromatic N) is 2. The summed E-state index contributed by atoms with van der Waals surface area (Å²) < 4.78 is 0. The summed E-state index contributed by atoms with van der Waals surface area (Å²) in [5.74, 6) is 0. The Morgan fingerprint density at radius 2 is 1.08 bits per heavy atom. The van der Waals surface area contributed by atoms with E-state index in [4.69, 9.17) is 0 Å². The molecule has 0 atom stereocenters. The zero-order valence-electron chi connectivity index (χ0n) is 15.2. The fraction of sp³-hybridized carbons (Fsp3) is 0.500. The molecule has 26 heavy (non-hydrogen) atoms. The minimum atomic E-state index is 0.0904. The van der Waals surface area contributed by atoms with Gasteiger partial charge >= 0.3 is 0 Å². The molecule has 2 heterocycles. The van der Waals surface area contributed by atoms with Crippen LogP contribution in [-0.2, 0) is 0 Å². The second-order valence-electron chi connectivity index (χ2n) is 7.00. The molecular weight excluding hydrogens is 324 g/mol. The zero-order valence-corrected chi connectivity index (χ0v) is 15.2. The largest absolute Gasteiger partial charge is 0.282 e. The predicted octanol–water partition coefficient (Wildman–Crippen LogP) is 1.37. The lowest BCUT2D eigenvalue weighted by atomic mass is 9.96. The Morgan fingerprint density at radius 3 is 1.42 bits per heavy atom. The number of hydrogen-bond donors (Lipinski definition) is 4. The molecule has 0 amide bonds. The predicted molar refractivity (Wildman–Crippen MR) is 107 cm³/mol. The zero-order chi connectivity index (χ0) is 17.6. The Kier molecular flexibility index (Phi) is 5.86. The van der Waals surface area contributed by atoms with E-state index in [2.05, 4.69) is 67.7 Å². The minimum Gasteiger partial charge on any atom is -0.282 e. The first-order valence-electron chi connectivity index (χ1n) is 9.66. The third kappa shape index (κ3) is 4.86. The summed E-state index contributed by atoms with van der Waals surface area (Å²) in [5.41, 5.74) is 5.11. The molecule has 0 spiro atoms. The minimum absolute atomic E-state index is 0.0904. The Balaban J connectivity index is 1.23. The van der Waals surface area contributed by atoms with Crippen LogP contribution in [0.15, 0.2) is 57.6 Å². The second kappa shape index (κ2) is 8.68. The summed E-state index contributed by atoms with van der Waals surface area (Å²) in [6.07, 6.45) is 17.6. The fourth-order valence-corrected chi connectivity index (χ4v) is 3.50. The Bertz CT molecular complexity index is 625. The summed E-state index contributed by atoms with van der Waals surface area (Å²) in [4.78, 5) is 9.37. The van der Waals surface area contributed by atoms with Crippen LogP contribution in [0.2, 0.25) is 0 Å². The number of rotatable bonds is 5. The Hall–Kier alpha value is -1.86. The molecule has 2 aliphatic carbocycles. The maximum Gasteiger partial charge on any atom is 0.153 e. The van der Waals surface area contributed by atoms with Gasteiger partial charge in [-0.3, -0.25) is 31.3 Å². The first kappa shape index (κ1) is 17.5. The Morgan fingerprint density at radius 1 is 0.654 bits per heavy atom. The van der Waals surface area contributed by atoms with Crippen LogP contribution in [-0.4, -0.2) is 50.2 Å². The van der Waals surface area contributed by atoms with E-state index in [1.807, 2.05) is 0 Å². The molecule has 4 rings (SSSR count). The first-order chi connectivity index (χ1) is 12.8. The van der Waals surface area contributed by atoms with E-state index >= 15 is 0 Å². The highest BCUT2D eigenvalue weighted by molar-refractivity contribution is 5.98. The number of allylic oxidation sites excluding steroid dienone is 8. The van der Waals surface area contributed by atoms with Crippen molar-refractivity contribution in [3.05, 3.63) is 47.6 Å². The van der Waals surface area contributed by atoms with E-state index in [9.17, 15) is 0 Å². The van der Waals surface area contributed by atoms with Gasteiger partial charge in [0.2, 0.25) is 0 Å². The Labute approximate surface area is 155 Å². The number of aliphatic imine (C=N–C) groups is 2. The fourth-order valence-electron chi connectivity index (χ4n) is 3.50. The van der Waals surface area contributed by atoms with Crippen LogP contribution >= 0.6 is 0 Å². The van der Waals surface area contributed by atoms with Crippen LogP contribution in [0.1, 0.15) is 25.7 Å². The molecule has 2 aliphatic heterocycles. The van der Waals surface area contributed by atoms with Crippen molar-refractivity contribution in [2.45, 2.75) is 38.3 Å². The highest BCUT2D eigenvalue weighted by atomic mass is 15.3. The molecule has 2 saturated heterocycles. The maximum atomic E-state index is 4.69. The molecule has 2 fully saturated rings. The summed E-state index contributed by atoms with van der Waals surface area (Å²) in [7, 11) is 0. The number of hydrogen-bond acceptors (Lipinski definition) is 6. The highest BCUT2D eigenvalue weighted by Gasteiger charge is 2.13. The van der Waals surface area contributed by atoms with Crippen LogP contribution in [0.5, 0.6) is 0 Å². The summed E-state index contributed by atoms with van der Waals surface area (Å²) in [6.45, 7) is 3.98. The lowest BCUT2D eigenvalue weighted by molar-refractivity contribution is 0.580. The van der Waals surface area contributed by atoms with Crippen molar-refractivity contribution >= 4 is 11.4 Å². The van der Waals surface area contributed by atoms with Gasteiger partial charge in [0.1, 0.15) is 0 Å². The average molecular weight is 352 g/mol. The van der Waals surface area contributed by atoms with Gasteiger partial charge in [-0.25, -0.2) is 0 Å². The lowest BCUT2D eigenvalue weighted by Crippen LogP contribution is -2.29. The van der Waals surface area contributed by atoms with Crippen LogP contribution in [0.4, 0.5) is 0 Å². The first-order valence-corrected chi connectivity index (χ1v) is 9.66. The third-order valence-electron chi connectivity index (χ3n) is 5.02. The van der Waals surface area contributed by atoms with Crippen molar-refractivity contribution in [2.24, 2.45) is 9.98 Å². The van der Waals surface area contributed by atoms with Crippen LogP contribution in [0, 0.1) is 0 Å². The van der Waals surface area contributed by atoms with Gasteiger partial charge in [-0.15, -0.1) is 0 Å². The van der Waals surface area contributed by atoms with Crippen molar-refractivity contribution in [2.75, 3.05) is 26.2 Å². The molecule has 138 valence electrons. The molecule has 6 nitrogen and oxygen atoms in total. The van der Waals surface area contributed by atoms with Gasteiger partial charge in [-0.05, 0) is 25.0 Å². The molecule has 4 N–H and O–H groups in total. The summed E-state index contributed by atoms with van der Waals surface area (Å²) in [5, 5.41) is 13.3. The van der Waals surface area contributed by atoms with Gasteiger partial charge < -0.3 is 0 Å². The van der Waals surface area contributed by atoms with Gasteiger partial charge in [-0.2, -0.15) is 0 Å². The van der Waals surface area contributed by atoms with Gasteiger partial charge in [0.05, 0.1) is 0 Å². The summed E-state index contributed by atoms with van der Waals surface area (Å²) >= 11 is 0. The topological polar surface area (TPSA) is 72.8 Å². The van der Waals surface area contributed by atoms with Crippen LogP contribution in [0.3, 0.4) is 0 Å². The molecule has 0 aromatic carbocycles. The van der Waals surface area contributed by atoms with Crippen molar-refractivity contribution in [3.63, 3.8) is 0 Å². The standard InChI is InChI=1S/C20H28N6/c1(15-3-7-17(8-4-15)25-19-21-11-12-22-19)2-16-5-9-18(10-6-16)26-20-23-13-14-24-20/h3-7,9,19-24H,1-2,8,10-14H2. The number of nitrogens with one attached hydrogen (secondary N) is 4. The van der Waals surface area contributed by atoms with Gasteiger partial charge in [-0.1, -0.05) is 35.5 Å². The quantitative estimate of drug-likeness (QED) is 0.603. The lowest BCUT2D eigenvalue weighted by Gasteiger charge is -2.14. The molecule has 0 bridgehead atoms. The third-order valence-corrected chi connectivity index (χ3v) is 5.02. The highest BCUT2D eigenvalue weighted by Crippen LogP contribution is 2.20. The van der Waals surface area contributed by atoms with E-state index < -0.39 is 0 Å². The summed E-state index contributed by atoms with van der Waals surface area (Å²) in [6, 6.07) is 0. The van der Waals surface area contributed by atoms with E-state index in [1.54, 1.807) is 0 Å². The molecule has 0 saturated carbocycles. The van der Waals surface area contributed by atoms with Crippen molar-refractivity contribution < 1.29 is 0 Å². The van der Waals surface area contributed by atoms with Crippen LogP contribution in [0.25, 0.3) is 0 Å². The monoisotopic (exact) mass is 352 g/mol. The van der Waals surface area contributed by atoms with E-state index in [0.29, 0.717) is 0 Å². The molecule has 0 radical (unpaired) electrons. The van der Waals surface area contributed by atoms with E-state index in [0.717, 1.165) is 63.3 Å². The molecule has 0 unspecified atom stereocenters. The van der Waals surface area contributed by atoms with E-state index in [-0.39, 0.29) is 12.6 Å². The van der Waals surface area contributed by atoms with Crippen molar-refractivity contribution in [3.8, 4) is 0 Å². The van der Waals surface area contributed by atoms with Gasteiger partial charge in [0.15, 0.2) is 12.6 Å². The SMILES string of the molecule is C1=CC(=NC2NCCN2)CC=C1CCC1=CCC(=NC2NCCN2)C=C1. The maximum absolute atomic E-state index is 4.69. The second-order valence-corrected chi connectivity index (χ2v) is 7.00. The van der Waals surface area contributed by atoms with Crippen molar-refractivity contribution in [1.82, 2.24) is 21.3 Å². The molecule has 6 heteroatoms. The molecule has 4 aliphatic rings.